The highest BCUT2D eigenvalue weighted by Crippen LogP contribution is 2.23. The summed E-state index contributed by atoms with van der Waals surface area (Å²) in [5.41, 5.74) is 3.87. The van der Waals surface area contributed by atoms with E-state index in [2.05, 4.69) is 15.3 Å². The molecule has 1 aromatic heterocycles. The third kappa shape index (κ3) is 4.08. The van der Waals surface area contributed by atoms with Crippen LogP contribution in [0.3, 0.4) is 0 Å². The SMILES string of the molecule is O=C(NC[C@@H]1CCCO1)c1ccc(CSc2nc3ccccc3[nH]2)cc1. The summed E-state index contributed by atoms with van der Waals surface area (Å²) in [6, 6.07) is 15.8. The molecule has 2 heterocycles. The van der Waals surface area contributed by atoms with Gasteiger partial charge in [0.25, 0.3) is 5.91 Å². The summed E-state index contributed by atoms with van der Waals surface area (Å²) in [6.07, 6.45) is 2.27. The van der Waals surface area contributed by atoms with Crippen molar-refractivity contribution in [1.82, 2.24) is 15.3 Å². The van der Waals surface area contributed by atoms with Crippen LogP contribution in [0.25, 0.3) is 11.0 Å². The van der Waals surface area contributed by atoms with Crippen LogP contribution in [0.5, 0.6) is 0 Å². The van der Waals surface area contributed by atoms with Crippen molar-refractivity contribution >= 4 is 28.7 Å². The number of benzene rings is 2. The molecule has 0 radical (unpaired) electrons. The topological polar surface area (TPSA) is 67.0 Å². The van der Waals surface area contributed by atoms with Gasteiger partial charge in [-0.05, 0) is 42.7 Å². The molecule has 4 rings (SSSR count). The number of thioether (sulfide) groups is 1. The molecule has 0 saturated carbocycles. The molecule has 0 spiro atoms. The van der Waals surface area contributed by atoms with Gasteiger partial charge in [-0.2, -0.15) is 0 Å². The van der Waals surface area contributed by atoms with E-state index in [1.165, 1.54) is 0 Å². The largest absolute Gasteiger partial charge is 0.376 e. The van der Waals surface area contributed by atoms with Gasteiger partial charge in [0.15, 0.2) is 5.16 Å². The summed E-state index contributed by atoms with van der Waals surface area (Å²) in [7, 11) is 0. The Kier molecular flexibility index (Phi) is 5.22. The molecular weight excluding hydrogens is 346 g/mol. The van der Waals surface area contributed by atoms with Gasteiger partial charge >= 0.3 is 0 Å². The molecule has 26 heavy (non-hydrogen) atoms. The van der Waals surface area contributed by atoms with Gasteiger partial charge < -0.3 is 15.0 Å². The number of nitrogens with zero attached hydrogens (tertiary/aromatic N) is 1. The first-order valence-corrected chi connectivity index (χ1v) is 9.83. The van der Waals surface area contributed by atoms with E-state index in [1.807, 2.05) is 48.5 Å². The lowest BCUT2D eigenvalue weighted by atomic mass is 10.1. The van der Waals surface area contributed by atoms with E-state index in [9.17, 15) is 4.79 Å². The highest BCUT2D eigenvalue weighted by Gasteiger charge is 2.16. The number of hydrogen-bond acceptors (Lipinski definition) is 4. The molecule has 1 aliphatic rings. The molecule has 2 N–H and O–H groups in total. The molecule has 1 atom stereocenters. The number of fused-ring (bicyclic) bond motifs is 1. The Morgan fingerprint density at radius 3 is 2.85 bits per heavy atom. The Bertz CT molecular complexity index is 852. The van der Waals surface area contributed by atoms with Gasteiger partial charge in [0.2, 0.25) is 0 Å². The fourth-order valence-corrected chi connectivity index (χ4v) is 3.86. The van der Waals surface area contributed by atoms with E-state index in [0.717, 1.165) is 47.0 Å². The Balaban J connectivity index is 1.31. The molecule has 134 valence electrons. The number of hydrogen-bond donors (Lipinski definition) is 2. The van der Waals surface area contributed by atoms with Crippen molar-refractivity contribution < 1.29 is 9.53 Å². The van der Waals surface area contributed by atoms with Crippen molar-refractivity contribution in [3.63, 3.8) is 0 Å². The fraction of sp³-hybridized carbons (Fsp3) is 0.300. The molecule has 2 aromatic carbocycles. The highest BCUT2D eigenvalue weighted by molar-refractivity contribution is 7.98. The van der Waals surface area contributed by atoms with Crippen molar-refractivity contribution in [1.29, 1.82) is 0 Å². The summed E-state index contributed by atoms with van der Waals surface area (Å²) in [5, 5.41) is 3.86. The van der Waals surface area contributed by atoms with Gasteiger partial charge in [0.05, 0.1) is 17.1 Å². The predicted molar refractivity (Wildman–Crippen MR) is 103 cm³/mol. The van der Waals surface area contributed by atoms with Gasteiger partial charge in [-0.1, -0.05) is 36.0 Å². The van der Waals surface area contributed by atoms with Crippen molar-refractivity contribution in [2.24, 2.45) is 0 Å². The summed E-state index contributed by atoms with van der Waals surface area (Å²) >= 11 is 1.66. The number of imidazole rings is 1. The second-order valence-electron chi connectivity index (χ2n) is 6.39. The van der Waals surface area contributed by atoms with Gasteiger partial charge in [0, 0.05) is 24.5 Å². The van der Waals surface area contributed by atoms with Crippen LogP contribution < -0.4 is 5.32 Å². The predicted octanol–water partition coefficient (Wildman–Crippen LogP) is 3.76. The summed E-state index contributed by atoms with van der Waals surface area (Å²) in [5.74, 6) is 0.759. The lowest BCUT2D eigenvalue weighted by molar-refractivity contribution is 0.0858. The lowest BCUT2D eigenvalue weighted by Gasteiger charge is -2.11. The molecule has 0 bridgehead atoms. The molecule has 1 aliphatic heterocycles. The second-order valence-corrected chi connectivity index (χ2v) is 7.35. The minimum atomic E-state index is -0.0445. The molecule has 0 aliphatic carbocycles. The highest BCUT2D eigenvalue weighted by atomic mass is 32.2. The van der Waals surface area contributed by atoms with Crippen LogP contribution >= 0.6 is 11.8 Å². The number of aromatic amines is 1. The number of carbonyl (C=O) groups excluding carboxylic acids is 1. The first kappa shape index (κ1) is 17.1. The van der Waals surface area contributed by atoms with Crippen LogP contribution in [0.4, 0.5) is 0 Å². The lowest BCUT2D eigenvalue weighted by Crippen LogP contribution is -2.31. The quantitative estimate of drug-likeness (QED) is 0.651. The van der Waals surface area contributed by atoms with Crippen LogP contribution in [0.15, 0.2) is 53.7 Å². The molecule has 5 nitrogen and oxygen atoms in total. The van der Waals surface area contributed by atoms with Gasteiger partial charge in [-0.25, -0.2) is 4.98 Å². The van der Waals surface area contributed by atoms with Crippen molar-refractivity contribution in [2.45, 2.75) is 29.9 Å². The third-order valence-corrected chi connectivity index (χ3v) is 5.42. The molecule has 1 amide bonds. The van der Waals surface area contributed by atoms with Crippen LogP contribution in [0.2, 0.25) is 0 Å². The van der Waals surface area contributed by atoms with Crippen LogP contribution in [-0.4, -0.2) is 35.1 Å². The minimum Gasteiger partial charge on any atom is -0.376 e. The number of rotatable bonds is 6. The van der Waals surface area contributed by atoms with Gasteiger partial charge in [-0.3, -0.25) is 4.79 Å². The summed E-state index contributed by atoms with van der Waals surface area (Å²) in [4.78, 5) is 20.1. The summed E-state index contributed by atoms with van der Waals surface area (Å²) in [6.45, 7) is 1.39. The Morgan fingerprint density at radius 2 is 2.08 bits per heavy atom. The molecule has 6 heteroatoms. The Hall–Kier alpha value is -2.31. The van der Waals surface area contributed by atoms with Gasteiger partial charge in [0.1, 0.15) is 0 Å². The zero-order valence-corrected chi connectivity index (χ0v) is 15.2. The molecule has 1 saturated heterocycles. The first-order chi connectivity index (χ1) is 12.8. The normalized spacial score (nSPS) is 16.8. The number of nitrogens with one attached hydrogen (secondary N) is 2. The Morgan fingerprint density at radius 1 is 1.23 bits per heavy atom. The standard InChI is InChI=1S/C20H21N3O2S/c24-19(21-12-16-4-3-11-25-16)15-9-7-14(8-10-15)13-26-20-22-17-5-1-2-6-18(17)23-20/h1-2,5-10,16H,3-4,11-13H2,(H,21,24)(H,22,23)/t16-/m0/s1. The van der Waals surface area contributed by atoms with Crippen LogP contribution in [-0.2, 0) is 10.5 Å². The average Bonchev–Trinajstić information content (AvgIpc) is 3.34. The van der Waals surface area contributed by atoms with E-state index in [0.29, 0.717) is 12.1 Å². The fourth-order valence-electron chi connectivity index (χ4n) is 3.02. The maximum absolute atomic E-state index is 12.2. The number of ether oxygens (including phenoxy) is 1. The van der Waals surface area contributed by atoms with Gasteiger partial charge in [-0.15, -0.1) is 0 Å². The molecule has 0 unspecified atom stereocenters. The molecule has 1 fully saturated rings. The molecule has 3 aromatic rings. The number of H-pyrrole nitrogens is 1. The van der Waals surface area contributed by atoms with Crippen LogP contribution in [0.1, 0.15) is 28.8 Å². The smallest absolute Gasteiger partial charge is 0.251 e. The number of carbonyl (C=O) groups is 1. The number of amides is 1. The van der Waals surface area contributed by atoms with Crippen molar-refractivity contribution in [3.8, 4) is 0 Å². The third-order valence-electron chi connectivity index (χ3n) is 4.47. The minimum absolute atomic E-state index is 0.0445. The zero-order valence-electron chi connectivity index (χ0n) is 14.4. The van der Waals surface area contributed by atoms with Crippen molar-refractivity contribution in [2.75, 3.05) is 13.2 Å². The molecular formula is C20H21N3O2S. The van der Waals surface area contributed by atoms with E-state index in [4.69, 9.17) is 4.74 Å². The first-order valence-electron chi connectivity index (χ1n) is 8.84. The van der Waals surface area contributed by atoms with Crippen molar-refractivity contribution in [3.05, 3.63) is 59.7 Å². The zero-order chi connectivity index (χ0) is 17.8. The van der Waals surface area contributed by atoms with Crippen LogP contribution in [0, 0.1) is 0 Å². The number of para-hydroxylation sites is 2. The number of aromatic nitrogens is 2. The summed E-state index contributed by atoms with van der Waals surface area (Å²) < 4.78 is 5.53. The maximum atomic E-state index is 12.2. The van der Waals surface area contributed by atoms with E-state index >= 15 is 0 Å². The van der Waals surface area contributed by atoms with E-state index in [1.54, 1.807) is 11.8 Å². The Labute approximate surface area is 156 Å². The van der Waals surface area contributed by atoms with E-state index < -0.39 is 0 Å². The monoisotopic (exact) mass is 367 g/mol. The maximum Gasteiger partial charge on any atom is 0.251 e. The second kappa shape index (κ2) is 7.93. The van der Waals surface area contributed by atoms with E-state index in [-0.39, 0.29) is 12.0 Å². The average molecular weight is 367 g/mol.